The van der Waals surface area contributed by atoms with Crippen LogP contribution in [0.1, 0.15) is 23.3 Å². The number of fused-ring (bicyclic) bond motifs is 2. The summed E-state index contributed by atoms with van der Waals surface area (Å²) in [5.74, 6) is -0.0186. The molecule has 4 aromatic rings. The summed E-state index contributed by atoms with van der Waals surface area (Å²) in [6.45, 7) is 0.660. The van der Waals surface area contributed by atoms with Gasteiger partial charge >= 0.3 is 0 Å². The van der Waals surface area contributed by atoms with E-state index in [2.05, 4.69) is 64.6 Å². The largest absolute Gasteiger partial charge is 0.361 e. The van der Waals surface area contributed by atoms with Gasteiger partial charge in [-0.25, -0.2) is 0 Å². The fourth-order valence-corrected chi connectivity index (χ4v) is 4.46. The van der Waals surface area contributed by atoms with E-state index >= 15 is 0 Å². The standard InChI is InChI=1S/C20H16Br2N4O/c21-11-2-1-10-5-17(25-15(10)6-11)18-9-24-19(20(27)26-18)14-8-23-16-7-12(22)3-4-13(14)16/h1-8,18-19,23-25H,9H2,(H,26,27). The first-order chi connectivity index (χ1) is 13.1. The van der Waals surface area contributed by atoms with Gasteiger partial charge in [-0.3, -0.25) is 10.1 Å². The summed E-state index contributed by atoms with van der Waals surface area (Å²) in [5, 5.41) is 8.75. The van der Waals surface area contributed by atoms with E-state index in [1.54, 1.807) is 0 Å². The predicted octanol–water partition coefficient (Wildman–Crippen LogP) is 4.68. The molecule has 2 aromatic heterocycles. The molecule has 1 amide bonds. The fourth-order valence-electron chi connectivity index (χ4n) is 3.74. The van der Waals surface area contributed by atoms with Crippen molar-refractivity contribution in [2.75, 3.05) is 6.54 Å². The second-order valence-corrected chi connectivity index (χ2v) is 8.62. The van der Waals surface area contributed by atoms with Gasteiger partial charge in [0.05, 0.1) is 6.04 Å². The molecule has 5 nitrogen and oxygen atoms in total. The molecule has 0 radical (unpaired) electrons. The molecule has 1 saturated heterocycles. The Morgan fingerprint density at radius 2 is 1.74 bits per heavy atom. The first-order valence-corrected chi connectivity index (χ1v) is 10.3. The number of H-pyrrole nitrogens is 2. The summed E-state index contributed by atoms with van der Waals surface area (Å²) in [5.41, 5.74) is 4.04. The summed E-state index contributed by atoms with van der Waals surface area (Å²) in [4.78, 5) is 19.5. The van der Waals surface area contributed by atoms with Gasteiger partial charge in [0.15, 0.2) is 0 Å². The molecule has 0 aliphatic carbocycles. The minimum Gasteiger partial charge on any atom is -0.361 e. The third-order valence-corrected chi connectivity index (χ3v) is 6.06. The second kappa shape index (κ2) is 6.51. The van der Waals surface area contributed by atoms with Crippen LogP contribution in [0.2, 0.25) is 0 Å². The Morgan fingerprint density at radius 1 is 0.963 bits per heavy atom. The topological polar surface area (TPSA) is 72.7 Å². The Labute approximate surface area is 172 Å². The van der Waals surface area contributed by atoms with Crippen molar-refractivity contribution >= 4 is 59.6 Å². The van der Waals surface area contributed by atoms with Gasteiger partial charge in [0.25, 0.3) is 0 Å². The number of benzene rings is 2. The molecule has 7 heteroatoms. The summed E-state index contributed by atoms with van der Waals surface area (Å²) in [7, 11) is 0. The van der Waals surface area contributed by atoms with Gasteiger partial charge < -0.3 is 15.3 Å². The van der Waals surface area contributed by atoms with Gasteiger partial charge in [0.1, 0.15) is 6.04 Å². The van der Waals surface area contributed by atoms with Gasteiger partial charge in [-0.2, -0.15) is 0 Å². The number of halogens is 2. The highest BCUT2D eigenvalue weighted by Crippen LogP contribution is 2.30. The zero-order chi connectivity index (χ0) is 18.5. The minimum atomic E-state index is -0.366. The van der Waals surface area contributed by atoms with Gasteiger partial charge in [-0.1, -0.05) is 44.0 Å². The van der Waals surface area contributed by atoms with Gasteiger partial charge in [-0.05, 0) is 35.7 Å². The molecular formula is C20H16Br2N4O. The van der Waals surface area contributed by atoms with Gasteiger partial charge in [0, 0.05) is 49.4 Å². The van der Waals surface area contributed by atoms with Gasteiger partial charge in [0.2, 0.25) is 5.91 Å². The molecule has 3 heterocycles. The maximum atomic E-state index is 12.8. The van der Waals surface area contributed by atoms with Crippen LogP contribution in [0.3, 0.4) is 0 Å². The molecule has 27 heavy (non-hydrogen) atoms. The number of rotatable bonds is 2. The van der Waals surface area contributed by atoms with Gasteiger partial charge in [-0.15, -0.1) is 0 Å². The van der Waals surface area contributed by atoms with Crippen molar-refractivity contribution in [1.29, 1.82) is 0 Å². The smallest absolute Gasteiger partial charge is 0.242 e. The maximum Gasteiger partial charge on any atom is 0.242 e. The number of piperazine rings is 1. The quantitative estimate of drug-likeness (QED) is 0.331. The predicted molar refractivity (Wildman–Crippen MR) is 114 cm³/mol. The Bertz CT molecular complexity index is 1180. The molecule has 1 aliphatic rings. The summed E-state index contributed by atoms with van der Waals surface area (Å²) in [6, 6.07) is 13.8. The molecular weight excluding hydrogens is 472 g/mol. The minimum absolute atomic E-state index is 0.0186. The monoisotopic (exact) mass is 486 g/mol. The Morgan fingerprint density at radius 3 is 2.56 bits per heavy atom. The van der Waals surface area contributed by atoms with Crippen LogP contribution >= 0.6 is 31.9 Å². The van der Waals surface area contributed by atoms with Crippen molar-refractivity contribution in [3.63, 3.8) is 0 Å². The van der Waals surface area contributed by atoms with E-state index in [4.69, 9.17) is 0 Å². The molecule has 1 aliphatic heterocycles. The lowest BCUT2D eigenvalue weighted by atomic mass is 10.0. The molecule has 136 valence electrons. The van der Waals surface area contributed by atoms with Crippen molar-refractivity contribution in [2.45, 2.75) is 12.1 Å². The zero-order valence-electron chi connectivity index (χ0n) is 14.1. The third kappa shape index (κ3) is 2.99. The van der Waals surface area contributed by atoms with Crippen LogP contribution < -0.4 is 10.6 Å². The van der Waals surface area contributed by atoms with Crippen LogP contribution in [-0.2, 0) is 4.79 Å². The average Bonchev–Trinajstić information content (AvgIpc) is 3.25. The van der Waals surface area contributed by atoms with E-state index < -0.39 is 0 Å². The first-order valence-electron chi connectivity index (χ1n) is 8.67. The Hall–Kier alpha value is -2.09. The number of hydrogen-bond acceptors (Lipinski definition) is 2. The second-order valence-electron chi connectivity index (χ2n) is 6.79. The lowest BCUT2D eigenvalue weighted by molar-refractivity contribution is -0.125. The lowest BCUT2D eigenvalue weighted by Gasteiger charge is -2.30. The molecule has 2 unspecified atom stereocenters. The van der Waals surface area contributed by atoms with E-state index in [-0.39, 0.29) is 18.0 Å². The number of carbonyl (C=O) groups excluding carboxylic acids is 1. The maximum absolute atomic E-state index is 12.8. The SMILES string of the molecule is O=C1NC(c2cc3ccc(Br)cc3[nH]2)CNC1c1c[nH]c2cc(Br)ccc12. The van der Waals surface area contributed by atoms with E-state index in [0.29, 0.717) is 6.54 Å². The molecule has 2 aromatic carbocycles. The van der Waals surface area contributed by atoms with Crippen LogP contribution in [0.5, 0.6) is 0 Å². The van der Waals surface area contributed by atoms with Crippen molar-refractivity contribution in [3.8, 4) is 0 Å². The molecule has 0 saturated carbocycles. The van der Waals surface area contributed by atoms with Crippen LogP contribution in [0.4, 0.5) is 0 Å². The summed E-state index contributed by atoms with van der Waals surface area (Å²) < 4.78 is 2.04. The van der Waals surface area contributed by atoms with E-state index in [0.717, 1.165) is 42.0 Å². The highest BCUT2D eigenvalue weighted by atomic mass is 79.9. The number of hydrogen-bond donors (Lipinski definition) is 4. The number of nitrogens with one attached hydrogen (secondary N) is 4. The summed E-state index contributed by atoms with van der Waals surface area (Å²) >= 11 is 6.97. The van der Waals surface area contributed by atoms with Crippen molar-refractivity contribution in [1.82, 2.24) is 20.6 Å². The van der Waals surface area contributed by atoms with Crippen LogP contribution in [0.25, 0.3) is 21.8 Å². The molecule has 5 rings (SSSR count). The lowest BCUT2D eigenvalue weighted by Crippen LogP contribution is -2.49. The third-order valence-electron chi connectivity index (χ3n) is 5.07. The van der Waals surface area contributed by atoms with Crippen LogP contribution in [0, 0.1) is 0 Å². The van der Waals surface area contributed by atoms with Crippen molar-refractivity contribution < 1.29 is 4.79 Å². The van der Waals surface area contributed by atoms with E-state index in [1.807, 2.05) is 36.5 Å². The van der Waals surface area contributed by atoms with E-state index in [9.17, 15) is 4.79 Å². The molecule has 0 bridgehead atoms. The fraction of sp³-hybridized carbons (Fsp3) is 0.150. The average molecular weight is 488 g/mol. The number of aromatic amines is 2. The summed E-state index contributed by atoms with van der Waals surface area (Å²) in [6.07, 6.45) is 1.91. The first kappa shape index (κ1) is 17.0. The highest BCUT2D eigenvalue weighted by molar-refractivity contribution is 9.10. The van der Waals surface area contributed by atoms with Crippen LogP contribution in [-0.4, -0.2) is 22.4 Å². The van der Waals surface area contributed by atoms with Crippen LogP contribution in [0.15, 0.2) is 57.6 Å². The molecule has 2 atom stereocenters. The normalized spacial score (nSPS) is 20.3. The van der Waals surface area contributed by atoms with Crippen molar-refractivity contribution in [2.24, 2.45) is 0 Å². The van der Waals surface area contributed by atoms with Crippen molar-refractivity contribution in [3.05, 3.63) is 68.9 Å². The highest BCUT2D eigenvalue weighted by Gasteiger charge is 2.31. The number of carbonyl (C=O) groups is 1. The van der Waals surface area contributed by atoms with E-state index in [1.165, 1.54) is 0 Å². The molecule has 4 N–H and O–H groups in total. The Balaban J connectivity index is 1.41. The molecule has 1 fully saturated rings. The number of amides is 1. The molecule has 0 spiro atoms. The zero-order valence-corrected chi connectivity index (χ0v) is 17.3. The Kier molecular flexibility index (Phi) is 4.11. The number of aromatic nitrogens is 2.